The van der Waals surface area contributed by atoms with E-state index in [2.05, 4.69) is 39.2 Å². The molecule has 0 aromatic carbocycles. The number of hydrogen-bond acceptors (Lipinski definition) is 7. The van der Waals surface area contributed by atoms with Gasteiger partial charge in [-0.25, -0.2) is 9.97 Å². The average molecular weight is 816 g/mol. The minimum atomic E-state index is -4.60. The molecule has 12 heteroatoms. The Kier molecular flexibility index (Phi) is 17.8. The summed E-state index contributed by atoms with van der Waals surface area (Å²) < 4.78 is 37.9. The van der Waals surface area contributed by atoms with Crippen LogP contribution in [0.15, 0.2) is 55.0 Å². The normalized spacial score (nSPS) is 14.6. The van der Waals surface area contributed by atoms with Crippen LogP contribution in [0.4, 0.5) is 13.2 Å². The van der Waals surface area contributed by atoms with E-state index in [0.29, 0.717) is 12.0 Å². The van der Waals surface area contributed by atoms with E-state index in [-0.39, 0.29) is 24.7 Å². The van der Waals surface area contributed by atoms with Crippen molar-refractivity contribution in [1.82, 2.24) is 24.9 Å². The van der Waals surface area contributed by atoms with Gasteiger partial charge in [-0.2, -0.15) is 13.2 Å². The van der Waals surface area contributed by atoms with Crippen LogP contribution in [0.5, 0.6) is 0 Å². The summed E-state index contributed by atoms with van der Waals surface area (Å²) in [6.45, 7) is 1.95. The zero-order chi connectivity index (χ0) is 42.0. The third-order valence-corrected chi connectivity index (χ3v) is 11.6. The lowest BCUT2D eigenvalue weighted by atomic mass is 9.91. The minimum absolute atomic E-state index is 0.0629. The second-order valence-electron chi connectivity index (χ2n) is 16.3. The molecule has 0 amide bonds. The van der Waals surface area contributed by atoms with Gasteiger partial charge in [-0.15, -0.1) is 0 Å². The maximum Gasteiger partial charge on any atom is 0.451 e. The van der Waals surface area contributed by atoms with E-state index < -0.39 is 23.9 Å². The molecule has 4 aromatic rings. The van der Waals surface area contributed by atoms with Crippen LogP contribution < -0.4 is 0 Å². The summed E-state index contributed by atoms with van der Waals surface area (Å²) in [5.41, 5.74) is 10.2. The SMILES string of the molecule is Cc1ccc(C(CCCCCCc2ccc3c(n2)CCCC3)CC(=O)O)cn1.O=C(O)CC(CCCCCCc1ccc2c(n1)CCCC2)c1cnc(C(F)(F)F)nc1. The number of pyridine rings is 3. The number of aryl methyl sites for hydroxylation is 7. The van der Waals surface area contributed by atoms with Crippen LogP contribution in [0.2, 0.25) is 0 Å². The molecule has 59 heavy (non-hydrogen) atoms. The van der Waals surface area contributed by atoms with Gasteiger partial charge >= 0.3 is 18.1 Å². The number of carboxylic acids is 2. The summed E-state index contributed by atoms with van der Waals surface area (Å²) in [5.74, 6) is -3.25. The number of rotatable bonds is 20. The van der Waals surface area contributed by atoms with Crippen LogP contribution in [0, 0.1) is 6.92 Å². The number of unbranched alkanes of at least 4 members (excludes halogenated alkanes) is 6. The van der Waals surface area contributed by atoms with Gasteiger partial charge in [0.15, 0.2) is 0 Å². The van der Waals surface area contributed by atoms with Crippen LogP contribution in [0.1, 0.15) is 171 Å². The van der Waals surface area contributed by atoms with Crippen LogP contribution in [0.3, 0.4) is 0 Å². The Morgan fingerprint density at radius 3 is 1.51 bits per heavy atom. The molecular weight excluding hydrogens is 756 g/mol. The Hall–Kier alpha value is -4.74. The Morgan fingerprint density at radius 1 is 0.593 bits per heavy atom. The molecule has 9 nitrogen and oxygen atoms in total. The van der Waals surface area contributed by atoms with Crippen LogP contribution >= 0.6 is 0 Å². The summed E-state index contributed by atoms with van der Waals surface area (Å²) >= 11 is 0. The molecule has 0 aliphatic heterocycles. The fourth-order valence-electron chi connectivity index (χ4n) is 8.24. The maximum atomic E-state index is 12.6. The lowest BCUT2D eigenvalue weighted by Crippen LogP contribution is -2.13. The highest BCUT2D eigenvalue weighted by Crippen LogP contribution is 2.30. The zero-order valence-electron chi connectivity index (χ0n) is 34.5. The first-order valence-corrected chi connectivity index (χ1v) is 21.6. The molecule has 2 atom stereocenters. The second-order valence-corrected chi connectivity index (χ2v) is 16.3. The smallest absolute Gasteiger partial charge is 0.451 e. The lowest BCUT2D eigenvalue weighted by molar-refractivity contribution is -0.145. The summed E-state index contributed by atoms with van der Waals surface area (Å²) in [6, 6.07) is 12.8. The maximum absolute atomic E-state index is 12.6. The van der Waals surface area contributed by atoms with Gasteiger partial charge in [0, 0.05) is 47.1 Å². The van der Waals surface area contributed by atoms with Crippen molar-refractivity contribution in [3.8, 4) is 0 Å². The predicted octanol–water partition coefficient (Wildman–Crippen LogP) is 10.9. The van der Waals surface area contributed by atoms with E-state index in [4.69, 9.17) is 15.1 Å². The summed E-state index contributed by atoms with van der Waals surface area (Å²) in [7, 11) is 0. The first kappa shape index (κ1) is 45.3. The van der Waals surface area contributed by atoms with E-state index in [1.165, 1.54) is 66.7 Å². The number of nitrogens with zero attached hydrogens (tertiary/aromatic N) is 5. The van der Waals surface area contributed by atoms with Crippen molar-refractivity contribution in [1.29, 1.82) is 0 Å². The number of carboxylic acid groups (broad SMARTS) is 2. The number of fused-ring (bicyclic) bond motifs is 2. The molecule has 0 saturated heterocycles. The molecule has 318 valence electrons. The lowest BCUT2D eigenvalue weighted by Gasteiger charge is -2.16. The summed E-state index contributed by atoms with van der Waals surface area (Å²) in [5, 5.41) is 18.4. The molecule has 2 N–H and O–H groups in total. The summed E-state index contributed by atoms with van der Waals surface area (Å²) in [4.78, 5) is 43.1. The third kappa shape index (κ3) is 15.4. The van der Waals surface area contributed by atoms with Crippen molar-refractivity contribution in [3.63, 3.8) is 0 Å². The topological polar surface area (TPSA) is 139 Å². The molecule has 2 unspecified atom stereocenters. The average Bonchev–Trinajstić information content (AvgIpc) is 3.22. The first-order chi connectivity index (χ1) is 28.4. The van der Waals surface area contributed by atoms with Gasteiger partial charge in [0.05, 0.1) is 12.8 Å². The molecular formula is C47H60F3N5O4. The molecule has 2 aliphatic rings. The minimum Gasteiger partial charge on any atom is -0.481 e. The fourth-order valence-corrected chi connectivity index (χ4v) is 8.24. The molecule has 4 heterocycles. The fraction of sp³-hybridized carbons (Fsp3) is 0.553. The van der Waals surface area contributed by atoms with E-state index >= 15 is 0 Å². The van der Waals surface area contributed by atoms with E-state index in [0.717, 1.165) is 113 Å². The Morgan fingerprint density at radius 2 is 1.05 bits per heavy atom. The van der Waals surface area contributed by atoms with Crippen molar-refractivity contribution < 1.29 is 33.0 Å². The summed E-state index contributed by atoms with van der Waals surface area (Å²) in [6.07, 6.45) is 20.8. The second kappa shape index (κ2) is 23.2. The number of aromatic nitrogens is 5. The molecule has 0 saturated carbocycles. The van der Waals surface area contributed by atoms with Crippen molar-refractivity contribution in [3.05, 3.63) is 112 Å². The molecule has 2 aliphatic carbocycles. The molecule has 6 rings (SSSR count). The van der Waals surface area contributed by atoms with Crippen molar-refractivity contribution in [2.75, 3.05) is 0 Å². The number of aliphatic carboxylic acids is 2. The highest BCUT2D eigenvalue weighted by atomic mass is 19.4. The van der Waals surface area contributed by atoms with Crippen molar-refractivity contribution in [2.24, 2.45) is 0 Å². The van der Waals surface area contributed by atoms with Gasteiger partial charge in [0.2, 0.25) is 5.82 Å². The van der Waals surface area contributed by atoms with E-state index in [1.54, 1.807) is 0 Å². The predicted molar refractivity (Wildman–Crippen MR) is 221 cm³/mol. The van der Waals surface area contributed by atoms with E-state index in [1.807, 2.05) is 25.3 Å². The number of hydrogen-bond donors (Lipinski definition) is 2. The largest absolute Gasteiger partial charge is 0.481 e. The monoisotopic (exact) mass is 815 g/mol. The van der Waals surface area contributed by atoms with Gasteiger partial charge in [-0.1, -0.05) is 56.7 Å². The standard InChI is InChI=1S/C24H32N2O2.C23H28F3N3O2/c1-18-12-13-21(17-25-18)20(16-24(27)28)9-4-2-3-5-10-22-15-14-19-8-6-7-11-23(19)26-22;24-23(25,26)22-27-14-18(15-28-22)17(13-21(30)31)8-3-1-2-4-9-19-12-11-16-7-5-6-10-20(16)29-19/h12-15,17,20H,2-11,16H2,1H3,(H,27,28);11-12,14-15,17H,1-10,13H2,(H,30,31). The Labute approximate surface area is 346 Å². The highest BCUT2D eigenvalue weighted by molar-refractivity contribution is 5.68. The van der Waals surface area contributed by atoms with Gasteiger partial charge in [-0.05, 0) is 149 Å². The Bertz CT molecular complexity index is 1920. The van der Waals surface area contributed by atoms with Crippen LogP contribution in [-0.4, -0.2) is 47.1 Å². The molecule has 0 radical (unpaired) electrons. The molecule has 0 bridgehead atoms. The van der Waals surface area contributed by atoms with Gasteiger partial charge in [0.25, 0.3) is 0 Å². The first-order valence-electron chi connectivity index (χ1n) is 21.6. The molecule has 0 fully saturated rings. The zero-order valence-corrected chi connectivity index (χ0v) is 34.5. The quantitative estimate of drug-likeness (QED) is 0.0835. The third-order valence-electron chi connectivity index (χ3n) is 11.6. The van der Waals surface area contributed by atoms with E-state index in [9.17, 15) is 27.9 Å². The van der Waals surface area contributed by atoms with Crippen molar-refractivity contribution in [2.45, 2.75) is 166 Å². The molecule has 0 spiro atoms. The van der Waals surface area contributed by atoms with Gasteiger partial charge < -0.3 is 10.2 Å². The highest BCUT2D eigenvalue weighted by Gasteiger charge is 2.34. The number of halogens is 3. The van der Waals surface area contributed by atoms with Crippen molar-refractivity contribution >= 4 is 11.9 Å². The van der Waals surface area contributed by atoms with Gasteiger partial charge in [-0.3, -0.25) is 24.5 Å². The number of alkyl halides is 3. The molecule has 4 aromatic heterocycles. The van der Waals surface area contributed by atoms with Crippen LogP contribution in [0.25, 0.3) is 0 Å². The number of carbonyl (C=O) groups is 2. The van der Waals surface area contributed by atoms with Gasteiger partial charge in [0.1, 0.15) is 0 Å². The van der Waals surface area contributed by atoms with Crippen LogP contribution in [-0.2, 0) is 54.3 Å². The Balaban J connectivity index is 0.000000225.